The molecule has 0 aromatic heterocycles. The van der Waals surface area contributed by atoms with E-state index >= 15 is 0 Å². The maximum atomic E-state index is 10.8. The summed E-state index contributed by atoms with van der Waals surface area (Å²) in [4.78, 5) is 12.6. The molecule has 1 aromatic carbocycles. The van der Waals surface area contributed by atoms with Crippen LogP contribution in [0.5, 0.6) is 0 Å². The average molecular weight is 271 g/mol. The molecule has 1 aliphatic rings. The summed E-state index contributed by atoms with van der Waals surface area (Å²) in [5, 5.41) is 11.0. The van der Waals surface area contributed by atoms with E-state index in [0.717, 1.165) is 18.7 Å². The van der Waals surface area contributed by atoms with E-state index in [1.165, 1.54) is 0 Å². The third-order valence-corrected chi connectivity index (χ3v) is 3.26. The molecular formula is C12H15ClN2O3. The summed E-state index contributed by atoms with van der Waals surface area (Å²) in [6, 6.07) is 4.96. The van der Waals surface area contributed by atoms with Gasteiger partial charge in [-0.25, -0.2) is 0 Å². The summed E-state index contributed by atoms with van der Waals surface area (Å²) in [6.07, 6.45) is 0.209. The minimum absolute atomic E-state index is 0.0320. The Bertz CT molecular complexity index is 453. The van der Waals surface area contributed by atoms with E-state index in [-0.39, 0.29) is 16.8 Å². The molecule has 1 aromatic rings. The molecule has 0 radical (unpaired) electrons. The Labute approximate surface area is 110 Å². The first-order chi connectivity index (χ1) is 8.56. The molecule has 1 unspecified atom stereocenters. The molecule has 0 N–H and O–H groups in total. The molecule has 1 fully saturated rings. The van der Waals surface area contributed by atoms with Gasteiger partial charge in [0.15, 0.2) is 0 Å². The van der Waals surface area contributed by atoms with Crippen molar-refractivity contribution in [3.05, 3.63) is 38.9 Å². The van der Waals surface area contributed by atoms with Crippen molar-refractivity contribution in [1.29, 1.82) is 0 Å². The van der Waals surface area contributed by atoms with Crippen molar-refractivity contribution < 1.29 is 9.66 Å². The van der Waals surface area contributed by atoms with Crippen molar-refractivity contribution in [2.24, 2.45) is 0 Å². The summed E-state index contributed by atoms with van der Waals surface area (Å²) in [7, 11) is 0. The highest BCUT2D eigenvalue weighted by Crippen LogP contribution is 2.25. The number of morpholine rings is 1. The van der Waals surface area contributed by atoms with Crippen LogP contribution in [0, 0.1) is 10.1 Å². The van der Waals surface area contributed by atoms with Crippen LogP contribution in [0.15, 0.2) is 18.2 Å². The van der Waals surface area contributed by atoms with Crippen molar-refractivity contribution >= 4 is 17.3 Å². The second kappa shape index (κ2) is 5.65. The van der Waals surface area contributed by atoms with E-state index in [1.54, 1.807) is 12.1 Å². The van der Waals surface area contributed by atoms with Crippen molar-refractivity contribution in [2.75, 3.05) is 19.7 Å². The first kappa shape index (κ1) is 13.3. The van der Waals surface area contributed by atoms with Gasteiger partial charge < -0.3 is 4.74 Å². The van der Waals surface area contributed by atoms with Crippen LogP contribution in [0.1, 0.15) is 12.5 Å². The van der Waals surface area contributed by atoms with E-state index in [2.05, 4.69) is 4.90 Å². The zero-order valence-corrected chi connectivity index (χ0v) is 10.9. The summed E-state index contributed by atoms with van der Waals surface area (Å²) in [5.41, 5.74) is 0.871. The lowest BCUT2D eigenvalue weighted by Crippen LogP contribution is -2.40. The van der Waals surface area contributed by atoms with Crippen LogP contribution in [0.4, 0.5) is 5.69 Å². The molecule has 18 heavy (non-hydrogen) atoms. The SMILES string of the molecule is CC1CN(Cc2ccc(Cl)c([N+](=O)[O-])c2)CCO1. The zero-order chi connectivity index (χ0) is 13.1. The van der Waals surface area contributed by atoms with Crippen LogP contribution in [0.2, 0.25) is 5.02 Å². The molecule has 1 atom stereocenters. The minimum Gasteiger partial charge on any atom is -0.376 e. The number of nitrogens with zero attached hydrogens (tertiary/aromatic N) is 2. The number of hydrogen-bond acceptors (Lipinski definition) is 4. The Hall–Kier alpha value is -1.17. The fourth-order valence-corrected chi connectivity index (χ4v) is 2.28. The van der Waals surface area contributed by atoms with Gasteiger partial charge in [0.25, 0.3) is 5.69 Å². The Morgan fingerprint density at radius 3 is 3.06 bits per heavy atom. The Balaban J connectivity index is 2.09. The third kappa shape index (κ3) is 3.19. The molecule has 0 bridgehead atoms. The van der Waals surface area contributed by atoms with Crippen molar-refractivity contribution in [3.8, 4) is 0 Å². The molecule has 1 saturated heterocycles. The lowest BCUT2D eigenvalue weighted by atomic mass is 10.1. The van der Waals surface area contributed by atoms with Crippen LogP contribution in [0.25, 0.3) is 0 Å². The van der Waals surface area contributed by atoms with E-state index in [1.807, 2.05) is 13.0 Å². The topological polar surface area (TPSA) is 55.6 Å². The number of nitro benzene ring substituents is 1. The second-order valence-corrected chi connectivity index (χ2v) is 4.87. The lowest BCUT2D eigenvalue weighted by Gasteiger charge is -2.31. The van der Waals surface area contributed by atoms with Gasteiger partial charge in [-0.15, -0.1) is 0 Å². The van der Waals surface area contributed by atoms with Gasteiger partial charge in [0.1, 0.15) is 5.02 Å². The van der Waals surface area contributed by atoms with Gasteiger partial charge in [-0.05, 0) is 18.6 Å². The average Bonchev–Trinajstić information content (AvgIpc) is 2.31. The van der Waals surface area contributed by atoms with E-state index in [9.17, 15) is 10.1 Å². The number of halogens is 1. The van der Waals surface area contributed by atoms with Gasteiger partial charge >= 0.3 is 0 Å². The summed E-state index contributed by atoms with van der Waals surface area (Å²) >= 11 is 5.78. The summed E-state index contributed by atoms with van der Waals surface area (Å²) in [5.74, 6) is 0. The fourth-order valence-electron chi connectivity index (χ4n) is 2.09. The smallest absolute Gasteiger partial charge is 0.288 e. The summed E-state index contributed by atoms with van der Waals surface area (Å²) in [6.45, 7) is 5.11. The van der Waals surface area contributed by atoms with Gasteiger partial charge in [-0.3, -0.25) is 15.0 Å². The van der Waals surface area contributed by atoms with E-state index in [4.69, 9.17) is 16.3 Å². The minimum atomic E-state index is -0.451. The Morgan fingerprint density at radius 1 is 1.61 bits per heavy atom. The highest BCUT2D eigenvalue weighted by molar-refractivity contribution is 6.32. The zero-order valence-electron chi connectivity index (χ0n) is 10.1. The van der Waals surface area contributed by atoms with Crippen LogP contribution in [-0.4, -0.2) is 35.6 Å². The van der Waals surface area contributed by atoms with Crippen molar-refractivity contribution in [2.45, 2.75) is 19.6 Å². The number of hydrogen-bond donors (Lipinski definition) is 0. The van der Waals surface area contributed by atoms with Gasteiger partial charge in [-0.1, -0.05) is 17.7 Å². The molecule has 2 rings (SSSR count). The third-order valence-electron chi connectivity index (χ3n) is 2.94. The second-order valence-electron chi connectivity index (χ2n) is 4.46. The number of ether oxygens (including phenoxy) is 1. The van der Waals surface area contributed by atoms with E-state index in [0.29, 0.717) is 13.2 Å². The van der Waals surface area contributed by atoms with Crippen molar-refractivity contribution in [1.82, 2.24) is 4.90 Å². The molecule has 98 valence electrons. The monoisotopic (exact) mass is 270 g/mol. The molecule has 5 nitrogen and oxygen atoms in total. The van der Waals surface area contributed by atoms with Gasteiger partial charge in [0.2, 0.25) is 0 Å². The standard InChI is InChI=1S/C12H15ClN2O3/c1-9-7-14(4-5-18-9)8-10-2-3-11(13)12(6-10)15(16)17/h2-3,6,9H,4-5,7-8H2,1H3. The molecule has 0 amide bonds. The number of rotatable bonds is 3. The van der Waals surface area contributed by atoms with E-state index < -0.39 is 4.92 Å². The lowest BCUT2D eigenvalue weighted by molar-refractivity contribution is -0.384. The maximum absolute atomic E-state index is 10.8. The molecule has 1 heterocycles. The van der Waals surface area contributed by atoms with Gasteiger partial charge in [0.05, 0.1) is 17.6 Å². The quantitative estimate of drug-likeness (QED) is 0.625. The highest BCUT2D eigenvalue weighted by Gasteiger charge is 2.18. The Morgan fingerprint density at radius 2 is 2.39 bits per heavy atom. The van der Waals surface area contributed by atoms with Crippen LogP contribution in [-0.2, 0) is 11.3 Å². The number of benzene rings is 1. The van der Waals surface area contributed by atoms with Crippen LogP contribution >= 0.6 is 11.6 Å². The molecule has 0 aliphatic carbocycles. The Kier molecular flexibility index (Phi) is 4.16. The maximum Gasteiger partial charge on any atom is 0.288 e. The largest absolute Gasteiger partial charge is 0.376 e. The number of nitro groups is 1. The highest BCUT2D eigenvalue weighted by atomic mass is 35.5. The first-order valence-corrected chi connectivity index (χ1v) is 6.21. The predicted octanol–water partition coefficient (Wildman–Crippen LogP) is 2.47. The normalized spacial score (nSPS) is 20.9. The molecule has 0 spiro atoms. The molecule has 0 saturated carbocycles. The first-order valence-electron chi connectivity index (χ1n) is 5.83. The molecular weight excluding hydrogens is 256 g/mol. The predicted molar refractivity (Wildman–Crippen MR) is 68.8 cm³/mol. The fraction of sp³-hybridized carbons (Fsp3) is 0.500. The molecule has 6 heteroatoms. The van der Waals surface area contributed by atoms with Gasteiger partial charge in [0, 0.05) is 25.7 Å². The molecule has 1 aliphatic heterocycles. The van der Waals surface area contributed by atoms with Gasteiger partial charge in [-0.2, -0.15) is 0 Å². The van der Waals surface area contributed by atoms with Crippen LogP contribution < -0.4 is 0 Å². The van der Waals surface area contributed by atoms with Crippen LogP contribution in [0.3, 0.4) is 0 Å². The summed E-state index contributed by atoms with van der Waals surface area (Å²) < 4.78 is 5.46. The van der Waals surface area contributed by atoms with Crippen molar-refractivity contribution in [3.63, 3.8) is 0 Å².